The summed E-state index contributed by atoms with van der Waals surface area (Å²) in [4.78, 5) is 19.9. The van der Waals surface area contributed by atoms with Crippen molar-refractivity contribution in [2.75, 3.05) is 11.4 Å². The van der Waals surface area contributed by atoms with Crippen molar-refractivity contribution in [2.24, 2.45) is 10.8 Å². The van der Waals surface area contributed by atoms with Crippen molar-refractivity contribution < 1.29 is 36.0 Å². The Morgan fingerprint density at radius 3 is 2.16 bits per heavy atom. The maximum Gasteiger partial charge on any atom is 0.387 e. The predicted octanol–water partition coefficient (Wildman–Crippen LogP) is 8.18. The lowest BCUT2D eigenvalue weighted by atomic mass is 9.41. The van der Waals surface area contributed by atoms with Crippen LogP contribution in [0.15, 0.2) is 53.1 Å². The third-order valence-corrected chi connectivity index (χ3v) is 10.5. The van der Waals surface area contributed by atoms with Crippen LogP contribution >= 0.6 is 0 Å². The van der Waals surface area contributed by atoms with Crippen molar-refractivity contribution in [3.63, 3.8) is 0 Å². The minimum atomic E-state index is -2.91. The second kappa shape index (κ2) is 10.0. The zero-order chi connectivity index (χ0) is 30.0. The summed E-state index contributed by atoms with van der Waals surface area (Å²) >= 11 is 0. The SMILES string of the molecule is O=C(CC12CC(F)(C1)C2)N(CC12CCC(c3nc(C(F)F)no3)(CC1)CC2)c1cccc(-c2ccc(OC(F)F)cc2)c1. The third kappa shape index (κ3) is 5.08. The van der Waals surface area contributed by atoms with E-state index in [4.69, 9.17) is 4.52 Å². The van der Waals surface area contributed by atoms with Crippen LogP contribution in [0.1, 0.15) is 82.3 Å². The van der Waals surface area contributed by atoms with Crippen molar-refractivity contribution in [1.82, 2.24) is 10.1 Å². The van der Waals surface area contributed by atoms with Gasteiger partial charge in [-0.1, -0.05) is 29.4 Å². The van der Waals surface area contributed by atoms with E-state index in [1.807, 2.05) is 29.2 Å². The van der Waals surface area contributed by atoms with Crippen LogP contribution in [0.3, 0.4) is 0 Å². The Morgan fingerprint density at radius 1 is 0.907 bits per heavy atom. The number of fused-ring (bicyclic) bond motifs is 3. The molecular weight excluding hydrogens is 569 g/mol. The number of benzene rings is 2. The Hall–Kier alpha value is -3.50. The first-order valence-corrected chi connectivity index (χ1v) is 14.8. The molecular formula is C32H32F5N3O3. The molecule has 6 saturated carbocycles. The van der Waals surface area contributed by atoms with Gasteiger partial charge in [0.2, 0.25) is 17.6 Å². The van der Waals surface area contributed by atoms with Gasteiger partial charge in [0.1, 0.15) is 11.4 Å². The molecule has 228 valence electrons. The fourth-order valence-corrected chi connectivity index (χ4v) is 8.17. The molecule has 6 aliphatic rings. The first-order chi connectivity index (χ1) is 20.5. The van der Waals surface area contributed by atoms with E-state index >= 15 is 0 Å². The van der Waals surface area contributed by atoms with Gasteiger partial charge in [0.25, 0.3) is 0 Å². The summed E-state index contributed by atoms with van der Waals surface area (Å²) in [5.74, 6) is -0.268. The molecule has 6 nitrogen and oxygen atoms in total. The van der Waals surface area contributed by atoms with Crippen LogP contribution in [0, 0.1) is 10.8 Å². The highest BCUT2D eigenvalue weighted by molar-refractivity contribution is 5.95. The normalized spacial score (nSPS) is 30.7. The van der Waals surface area contributed by atoms with Crippen molar-refractivity contribution in [3.8, 4) is 16.9 Å². The van der Waals surface area contributed by atoms with E-state index in [0.717, 1.165) is 36.1 Å². The molecule has 1 heterocycles. The molecule has 9 rings (SSSR count). The largest absolute Gasteiger partial charge is 0.435 e. The van der Waals surface area contributed by atoms with Crippen molar-refractivity contribution in [3.05, 3.63) is 60.2 Å². The summed E-state index contributed by atoms with van der Waals surface area (Å²) in [5.41, 5.74) is 0.407. The molecule has 0 radical (unpaired) electrons. The lowest BCUT2D eigenvalue weighted by Gasteiger charge is -2.66. The summed E-state index contributed by atoms with van der Waals surface area (Å²) in [6, 6.07) is 13.9. The third-order valence-electron chi connectivity index (χ3n) is 10.5. The minimum Gasteiger partial charge on any atom is -0.435 e. The fourth-order valence-electron chi connectivity index (χ4n) is 8.17. The number of carbonyl (C=O) groups is 1. The lowest BCUT2D eigenvalue weighted by Crippen LogP contribution is -2.65. The Kier molecular flexibility index (Phi) is 6.59. The molecule has 4 bridgehead atoms. The van der Waals surface area contributed by atoms with E-state index in [0.29, 0.717) is 51.5 Å². The minimum absolute atomic E-state index is 0.0326. The smallest absolute Gasteiger partial charge is 0.387 e. The quantitative estimate of drug-likeness (QED) is 0.219. The summed E-state index contributed by atoms with van der Waals surface area (Å²) < 4.78 is 75.5. The molecule has 43 heavy (non-hydrogen) atoms. The molecule has 2 aromatic carbocycles. The maximum atomic E-state index is 14.3. The maximum absolute atomic E-state index is 14.3. The number of anilines is 1. The summed E-state index contributed by atoms with van der Waals surface area (Å²) in [7, 11) is 0. The number of aromatic nitrogens is 2. The van der Waals surface area contributed by atoms with Gasteiger partial charge in [0.15, 0.2) is 0 Å². The van der Waals surface area contributed by atoms with E-state index in [1.165, 1.54) is 12.1 Å². The van der Waals surface area contributed by atoms with Gasteiger partial charge < -0.3 is 14.2 Å². The van der Waals surface area contributed by atoms with E-state index in [-0.39, 0.29) is 28.4 Å². The number of nitrogens with zero attached hydrogens (tertiary/aromatic N) is 3. The monoisotopic (exact) mass is 601 g/mol. The van der Waals surface area contributed by atoms with Crippen LogP contribution in [0.5, 0.6) is 5.75 Å². The Morgan fingerprint density at radius 2 is 1.58 bits per heavy atom. The first kappa shape index (κ1) is 28.3. The molecule has 0 unspecified atom stereocenters. The molecule has 3 aromatic rings. The number of hydrogen-bond donors (Lipinski definition) is 0. The highest BCUT2D eigenvalue weighted by atomic mass is 19.3. The lowest BCUT2D eigenvalue weighted by molar-refractivity contribution is -0.215. The molecule has 0 aliphatic heterocycles. The number of ether oxygens (including phenoxy) is 1. The van der Waals surface area contributed by atoms with E-state index in [2.05, 4.69) is 14.9 Å². The Labute approximate surface area is 245 Å². The molecule has 0 saturated heterocycles. The van der Waals surface area contributed by atoms with Gasteiger partial charge in [-0.25, -0.2) is 13.2 Å². The molecule has 0 atom stereocenters. The van der Waals surface area contributed by atoms with Gasteiger partial charge in [-0.05, 0) is 104 Å². The van der Waals surface area contributed by atoms with Gasteiger partial charge >= 0.3 is 13.0 Å². The van der Waals surface area contributed by atoms with E-state index in [1.54, 1.807) is 12.1 Å². The van der Waals surface area contributed by atoms with E-state index in [9.17, 15) is 26.7 Å². The average molecular weight is 602 g/mol. The summed E-state index contributed by atoms with van der Waals surface area (Å²) in [6.45, 7) is -2.41. The Bertz CT molecular complexity index is 1480. The number of alkyl halides is 5. The molecule has 6 fully saturated rings. The second-order valence-electron chi connectivity index (χ2n) is 13.3. The van der Waals surface area contributed by atoms with Gasteiger partial charge in [0.05, 0.1) is 0 Å². The zero-order valence-electron chi connectivity index (χ0n) is 23.5. The van der Waals surface area contributed by atoms with Gasteiger partial charge in [-0.3, -0.25) is 4.79 Å². The van der Waals surface area contributed by atoms with Crippen LogP contribution in [0.2, 0.25) is 0 Å². The average Bonchev–Trinajstić information content (AvgIpc) is 3.48. The predicted molar refractivity (Wildman–Crippen MR) is 147 cm³/mol. The first-order valence-electron chi connectivity index (χ1n) is 14.8. The van der Waals surface area contributed by atoms with E-state index < -0.39 is 29.9 Å². The molecule has 6 aliphatic carbocycles. The number of rotatable bonds is 10. The van der Waals surface area contributed by atoms with Crippen molar-refractivity contribution >= 4 is 11.6 Å². The van der Waals surface area contributed by atoms with Crippen molar-refractivity contribution in [2.45, 2.75) is 88.3 Å². The number of hydrogen-bond acceptors (Lipinski definition) is 5. The van der Waals surface area contributed by atoms with Gasteiger partial charge in [-0.15, -0.1) is 0 Å². The van der Waals surface area contributed by atoms with Crippen LogP contribution in [-0.2, 0) is 10.2 Å². The van der Waals surface area contributed by atoms with Gasteiger partial charge in [0, 0.05) is 24.1 Å². The van der Waals surface area contributed by atoms with Crippen LogP contribution in [-0.4, -0.2) is 34.9 Å². The molecule has 1 amide bonds. The number of halogens is 5. The zero-order valence-corrected chi connectivity index (χ0v) is 23.5. The molecule has 1 aromatic heterocycles. The molecule has 11 heteroatoms. The van der Waals surface area contributed by atoms with Gasteiger partial charge in [-0.2, -0.15) is 13.8 Å². The second-order valence-corrected chi connectivity index (χ2v) is 13.3. The standard InChI is InChI=1S/C32H32F5N3O3/c33-25(34)26-38-27(43-39-26)31-11-8-29(9-12-31,10-13-31)19-40(24(41)15-30-16-32(37,17-30)18-30)22-3-1-2-21(14-22)20-4-6-23(7-5-20)42-28(35)36/h1-7,14,25,28H,8-13,15-19H2. The van der Waals surface area contributed by atoms with Crippen LogP contribution < -0.4 is 9.64 Å². The summed E-state index contributed by atoms with van der Waals surface area (Å²) in [5, 5.41) is 3.48. The Balaban J connectivity index is 1.13. The number of amides is 1. The summed E-state index contributed by atoms with van der Waals surface area (Å²) in [6.07, 6.45) is 3.30. The number of carbonyl (C=O) groups excluding carboxylic acids is 1. The highest BCUT2D eigenvalue weighted by Gasteiger charge is 2.69. The molecule has 0 spiro atoms. The van der Waals surface area contributed by atoms with Crippen LogP contribution in [0.25, 0.3) is 11.1 Å². The molecule has 0 N–H and O–H groups in total. The topological polar surface area (TPSA) is 68.5 Å². The highest BCUT2D eigenvalue weighted by Crippen LogP contribution is 2.71. The van der Waals surface area contributed by atoms with Crippen molar-refractivity contribution in [1.29, 1.82) is 0 Å². The fraction of sp³-hybridized carbons (Fsp3) is 0.531. The van der Waals surface area contributed by atoms with Crippen LogP contribution in [0.4, 0.5) is 27.6 Å².